The second kappa shape index (κ2) is 8.02. The van der Waals surface area contributed by atoms with E-state index >= 15 is 4.39 Å². The predicted molar refractivity (Wildman–Crippen MR) is 134 cm³/mol. The van der Waals surface area contributed by atoms with Crippen molar-refractivity contribution in [3.63, 3.8) is 0 Å². The molecule has 1 spiro atoms. The molecule has 1 aliphatic heterocycles. The van der Waals surface area contributed by atoms with Gasteiger partial charge in [0.15, 0.2) is 5.82 Å². The van der Waals surface area contributed by atoms with E-state index in [9.17, 15) is 9.18 Å². The first-order chi connectivity index (χ1) is 18.3. The summed E-state index contributed by atoms with van der Waals surface area (Å²) in [6.45, 7) is 0. The third kappa shape index (κ3) is 3.36. The van der Waals surface area contributed by atoms with Crippen LogP contribution in [0.5, 0.6) is 0 Å². The van der Waals surface area contributed by atoms with Gasteiger partial charge in [0.2, 0.25) is 5.95 Å². The Morgan fingerprint density at radius 3 is 2.74 bits per heavy atom. The van der Waals surface area contributed by atoms with Crippen molar-refractivity contribution in [3.05, 3.63) is 87.6 Å². The fourth-order valence-corrected chi connectivity index (χ4v) is 5.58. The first-order valence-electron chi connectivity index (χ1n) is 11.8. The first-order valence-corrected chi connectivity index (χ1v) is 12.2. The molecule has 7 rings (SSSR count). The van der Waals surface area contributed by atoms with Crippen LogP contribution in [0, 0.1) is 11.8 Å². The van der Waals surface area contributed by atoms with E-state index in [1.165, 1.54) is 41.5 Å². The largest absolute Gasteiger partial charge is 0.384 e. The number of pyridine rings is 2. The Bertz CT molecular complexity index is 1790. The molecule has 13 heteroatoms. The SMILES string of the molecule is Nc1ccc(-c2cnc([C@@H]3CC4(CC4)c4cc(-c5c(-n6cnnn6)ccc(Cl)c5F)cc(=O)n43)[nH]2)c(F)n1. The number of anilines is 1. The van der Waals surface area contributed by atoms with Crippen molar-refractivity contribution in [2.45, 2.75) is 30.7 Å². The van der Waals surface area contributed by atoms with Gasteiger partial charge in [-0.2, -0.15) is 9.07 Å². The van der Waals surface area contributed by atoms with Gasteiger partial charge in [-0.25, -0.2) is 14.4 Å². The Balaban J connectivity index is 1.35. The Morgan fingerprint density at radius 1 is 1.16 bits per heavy atom. The number of imidazole rings is 1. The van der Waals surface area contributed by atoms with Gasteiger partial charge in [0, 0.05) is 22.7 Å². The number of tetrazole rings is 1. The number of nitrogens with one attached hydrogen (secondary N) is 1. The van der Waals surface area contributed by atoms with Crippen molar-refractivity contribution in [1.29, 1.82) is 0 Å². The molecular formula is C25H18ClF2N9O. The highest BCUT2D eigenvalue weighted by Gasteiger charge is 2.54. The number of hydrogen-bond donors (Lipinski definition) is 2. The molecule has 5 aromatic rings. The smallest absolute Gasteiger partial charge is 0.252 e. The summed E-state index contributed by atoms with van der Waals surface area (Å²) in [5, 5.41) is 11.1. The second-order valence-corrected chi connectivity index (χ2v) is 10.0. The van der Waals surface area contributed by atoms with E-state index in [-0.39, 0.29) is 32.9 Å². The molecule has 1 atom stereocenters. The number of halogens is 3. The van der Waals surface area contributed by atoms with Gasteiger partial charge in [-0.15, -0.1) is 5.10 Å². The van der Waals surface area contributed by atoms with Gasteiger partial charge < -0.3 is 15.3 Å². The highest BCUT2D eigenvalue weighted by molar-refractivity contribution is 6.31. The molecule has 1 fully saturated rings. The number of hydrogen-bond acceptors (Lipinski definition) is 7. The molecule has 4 aromatic heterocycles. The maximum absolute atomic E-state index is 15.4. The fraction of sp³-hybridized carbons (Fsp3) is 0.200. The Morgan fingerprint density at radius 2 is 2.00 bits per heavy atom. The van der Waals surface area contributed by atoms with Gasteiger partial charge in [-0.3, -0.25) is 4.79 Å². The van der Waals surface area contributed by atoms with Crippen LogP contribution >= 0.6 is 11.6 Å². The molecule has 0 radical (unpaired) electrons. The summed E-state index contributed by atoms with van der Waals surface area (Å²) in [4.78, 5) is 24.9. The number of aromatic amines is 1. The Hall–Kier alpha value is -4.45. The quantitative estimate of drug-likeness (QED) is 0.335. The van der Waals surface area contributed by atoms with Gasteiger partial charge in [-0.05, 0) is 65.6 Å². The average molecular weight is 534 g/mol. The lowest BCUT2D eigenvalue weighted by Crippen LogP contribution is -2.24. The van der Waals surface area contributed by atoms with Gasteiger partial charge >= 0.3 is 0 Å². The van der Waals surface area contributed by atoms with Crippen LogP contribution in [0.1, 0.15) is 36.8 Å². The van der Waals surface area contributed by atoms with E-state index in [0.29, 0.717) is 29.2 Å². The maximum atomic E-state index is 15.4. The summed E-state index contributed by atoms with van der Waals surface area (Å²) in [6, 6.07) is 8.89. The van der Waals surface area contributed by atoms with Crippen LogP contribution in [-0.2, 0) is 5.41 Å². The maximum Gasteiger partial charge on any atom is 0.252 e. The lowest BCUT2D eigenvalue weighted by atomic mass is 9.95. The molecule has 1 aromatic carbocycles. The average Bonchev–Trinajstić information content (AvgIpc) is 3.24. The van der Waals surface area contributed by atoms with Gasteiger partial charge in [0.05, 0.1) is 34.2 Å². The van der Waals surface area contributed by atoms with Gasteiger partial charge in [0.1, 0.15) is 18.0 Å². The van der Waals surface area contributed by atoms with Crippen molar-refractivity contribution >= 4 is 17.4 Å². The van der Waals surface area contributed by atoms with Crippen molar-refractivity contribution in [2.24, 2.45) is 0 Å². The van der Waals surface area contributed by atoms with Crippen LogP contribution in [0.4, 0.5) is 14.6 Å². The standard InChI is InChI=1S/C25H18ClF2N9O/c26-14-2-3-16(36-11-31-34-35-36)21(22(14)27)12-7-18-25(5-6-25)9-17(37(18)20(38)8-12)24-30-10-15(32-24)13-1-4-19(29)33-23(13)28/h1-4,7-8,10-11,17H,5-6,9H2,(H2,29,33)(H,30,32)/t17-/m0/s1. The van der Waals surface area contributed by atoms with Crippen LogP contribution < -0.4 is 11.3 Å². The molecule has 1 aliphatic carbocycles. The fourth-order valence-electron chi connectivity index (χ4n) is 5.42. The molecule has 190 valence electrons. The minimum atomic E-state index is -0.713. The molecule has 10 nitrogen and oxygen atoms in total. The zero-order valence-electron chi connectivity index (χ0n) is 19.6. The molecule has 2 aliphatic rings. The number of H-pyrrole nitrogens is 1. The minimum Gasteiger partial charge on any atom is -0.384 e. The van der Waals surface area contributed by atoms with Crippen LogP contribution in [0.2, 0.25) is 5.02 Å². The highest BCUT2D eigenvalue weighted by atomic mass is 35.5. The number of rotatable bonds is 4. The monoisotopic (exact) mass is 533 g/mol. The lowest BCUT2D eigenvalue weighted by molar-refractivity contribution is 0.542. The number of fused-ring (bicyclic) bond motifs is 2. The topological polar surface area (TPSA) is 133 Å². The molecule has 0 amide bonds. The molecule has 0 saturated heterocycles. The van der Waals surface area contributed by atoms with Crippen LogP contribution in [-0.4, -0.2) is 39.7 Å². The summed E-state index contributed by atoms with van der Waals surface area (Å²) in [5.74, 6) is -0.778. The van der Waals surface area contributed by atoms with Crippen LogP contribution in [0.25, 0.3) is 28.1 Å². The summed E-state index contributed by atoms with van der Waals surface area (Å²) in [5.41, 5.74) is 7.35. The van der Waals surface area contributed by atoms with E-state index in [2.05, 4.69) is 30.5 Å². The second-order valence-electron chi connectivity index (χ2n) is 9.60. The normalized spacial score (nSPS) is 17.2. The number of nitrogen functional groups attached to an aromatic ring is 1. The summed E-state index contributed by atoms with van der Waals surface area (Å²) < 4.78 is 32.8. The molecule has 0 unspecified atom stereocenters. The van der Waals surface area contributed by atoms with Crippen LogP contribution in [0.15, 0.2) is 53.7 Å². The number of benzene rings is 1. The molecule has 0 bridgehead atoms. The van der Waals surface area contributed by atoms with E-state index in [1.807, 2.05) is 6.07 Å². The predicted octanol–water partition coefficient (Wildman–Crippen LogP) is 3.81. The van der Waals surface area contributed by atoms with Crippen molar-refractivity contribution in [2.75, 3.05) is 5.73 Å². The first kappa shape index (κ1) is 22.7. The van der Waals surface area contributed by atoms with E-state index in [4.69, 9.17) is 17.3 Å². The van der Waals surface area contributed by atoms with Gasteiger partial charge in [0.25, 0.3) is 5.56 Å². The summed E-state index contributed by atoms with van der Waals surface area (Å²) in [7, 11) is 0. The third-order valence-electron chi connectivity index (χ3n) is 7.39. The molecule has 5 heterocycles. The van der Waals surface area contributed by atoms with Crippen molar-refractivity contribution in [3.8, 4) is 28.1 Å². The molecule has 1 saturated carbocycles. The van der Waals surface area contributed by atoms with Crippen LogP contribution in [0.3, 0.4) is 0 Å². The number of nitrogens with zero attached hydrogens (tertiary/aromatic N) is 7. The highest BCUT2D eigenvalue weighted by Crippen LogP contribution is 2.58. The summed E-state index contributed by atoms with van der Waals surface area (Å²) in [6.07, 6.45) is 5.27. The van der Waals surface area contributed by atoms with Crippen molar-refractivity contribution in [1.82, 2.24) is 39.7 Å². The third-order valence-corrected chi connectivity index (χ3v) is 7.68. The van der Waals surface area contributed by atoms with E-state index in [0.717, 1.165) is 18.5 Å². The number of aromatic nitrogens is 8. The Labute approximate surface area is 218 Å². The lowest BCUT2D eigenvalue weighted by Gasteiger charge is -2.16. The molecular weight excluding hydrogens is 516 g/mol. The van der Waals surface area contributed by atoms with Gasteiger partial charge in [-0.1, -0.05) is 11.6 Å². The number of nitrogens with two attached hydrogens (primary N) is 1. The van der Waals surface area contributed by atoms with Crippen molar-refractivity contribution < 1.29 is 8.78 Å². The zero-order valence-corrected chi connectivity index (χ0v) is 20.3. The minimum absolute atomic E-state index is 0.0770. The zero-order chi connectivity index (χ0) is 26.2. The Kier molecular flexibility index (Phi) is 4.80. The molecule has 3 N–H and O–H groups in total. The van der Waals surface area contributed by atoms with E-state index in [1.54, 1.807) is 10.6 Å². The summed E-state index contributed by atoms with van der Waals surface area (Å²) >= 11 is 6.13. The molecule has 38 heavy (non-hydrogen) atoms. The van der Waals surface area contributed by atoms with E-state index < -0.39 is 17.8 Å².